The van der Waals surface area contributed by atoms with Crippen LogP contribution >= 0.6 is 11.6 Å². The van der Waals surface area contributed by atoms with Crippen molar-refractivity contribution < 1.29 is 24.2 Å². The molecule has 2 N–H and O–H groups in total. The first-order valence-electron chi connectivity index (χ1n) is 10.1. The van der Waals surface area contributed by atoms with Crippen molar-refractivity contribution in [2.75, 3.05) is 13.7 Å². The average Bonchev–Trinajstić information content (AvgIpc) is 3.10. The Labute approximate surface area is 190 Å². The third kappa shape index (κ3) is 4.27. The van der Waals surface area contributed by atoms with Crippen molar-refractivity contribution in [3.05, 3.63) is 88.4 Å². The Morgan fingerprint density at radius 3 is 2.22 bits per heavy atom. The van der Waals surface area contributed by atoms with Crippen molar-refractivity contribution in [1.82, 2.24) is 5.32 Å². The van der Waals surface area contributed by atoms with Gasteiger partial charge in [0.1, 0.15) is 12.4 Å². The number of ether oxygens (including phenoxy) is 2. The van der Waals surface area contributed by atoms with Crippen molar-refractivity contribution in [3.63, 3.8) is 0 Å². The molecule has 0 heterocycles. The molecule has 1 aliphatic carbocycles. The van der Waals surface area contributed by atoms with Gasteiger partial charge in [0.2, 0.25) is 0 Å². The largest absolute Gasteiger partial charge is 0.496 e. The molecule has 1 aliphatic rings. The second-order valence-corrected chi connectivity index (χ2v) is 7.88. The topological polar surface area (TPSA) is 84.9 Å². The van der Waals surface area contributed by atoms with Gasteiger partial charge in [0, 0.05) is 16.5 Å². The lowest BCUT2D eigenvalue weighted by atomic mass is 9.98. The molecule has 6 nitrogen and oxygen atoms in total. The van der Waals surface area contributed by atoms with Crippen LogP contribution in [0.3, 0.4) is 0 Å². The predicted molar refractivity (Wildman–Crippen MR) is 121 cm³/mol. The fourth-order valence-corrected chi connectivity index (χ4v) is 4.51. The number of alkyl carbamates (subject to hydrolysis) is 1. The van der Waals surface area contributed by atoms with Gasteiger partial charge >= 0.3 is 12.1 Å². The van der Waals surface area contributed by atoms with Crippen LogP contribution in [0.15, 0.2) is 66.7 Å². The summed E-state index contributed by atoms with van der Waals surface area (Å²) in [6, 6.07) is 20.1. The lowest BCUT2D eigenvalue weighted by Gasteiger charge is -2.21. The molecule has 0 aliphatic heterocycles. The monoisotopic (exact) mass is 451 g/mol. The molecule has 7 heteroatoms. The summed E-state index contributed by atoms with van der Waals surface area (Å²) in [5.41, 5.74) is 4.84. The van der Waals surface area contributed by atoms with Crippen LogP contribution in [0.5, 0.6) is 5.75 Å². The standard InChI is InChI=1S/C25H22ClNO5/c1-31-22-12-6-11-20(26)24(22)21(13-23(28)29)27-25(30)32-14-19-17-9-4-2-7-15(17)16-8-3-5-10-18(16)19/h2-12,19,21H,13-14H2,1H3,(H,27,30)(H,28,29). The quantitative estimate of drug-likeness (QED) is 0.502. The summed E-state index contributed by atoms with van der Waals surface area (Å²) >= 11 is 6.30. The van der Waals surface area contributed by atoms with Crippen molar-refractivity contribution >= 4 is 23.7 Å². The highest BCUT2D eigenvalue weighted by Crippen LogP contribution is 2.44. The number of carboxylic acid groups (broad SMARTS) is 1. The molecule has 0 fully saturated rings. The van der Waals surface area contributed by atoms with Crippen LogP contribution < -0.4 is 10.1 Å². The molecule has 0 spiro atoms. The number of carboxylic acids is 1. The van der Waals surface area contributed by atoms with Gasteiger partial charge in [-0.05, 0) is 34.4 Å². The molecule has 164 valence electrons. The van der Waals surface area contributed by atoms with E-state index in [1.807, 2.05) is 36.4 Å². The lowest BCUT2D eigenvalue weighted by molar-refractivity contribution is -0.137. The normalized spacial score (nSPS) is 13.1. The SMILES string of the molecule is COc1cccc(Cl)c1C(CC(=O)O)NC(=O)OCC1c2ccccc2-c2ccccc21. The first-order chi connectivity index (χ1) is 15.5. The van der Waals surface area contributed by atoms with E-state index in [1.165, 1.54) is 7.11 Å². The zero-order chi connectivity index (χ0) is 22.7. The van der Waals surface area contributed by atoms with Gasteiger partial charge in [-0.2, -0.15) is 0 Å². The van der Waals surface area contributed by atoms with Crippen LogP contribution in [0.25, 0.3) is 11.1 Å². The number of benzene rings is 3. The van der Waals surface area contributed by atoms with Crippen LogP contribution in [0.2, 0.25) is 5.02 Å². The number of amides is 1. The Balaban J connectivity index is 1.52. The zero-order valence-corrected chi connectivity index (χ0v) is 18.1. The molecule has 3 aromatic carbocycles. The number of fused-ring (bicyclic) bond motifs is 3. The van der Waals surface area contributed by atoms with E-state index in [-0.39, 0.29) is 18.9 Å². The number of methoxy groups -OCH3 is 1. The summed E-state index contributed by atoms with van der Waals surface area (Å²) in [4.78, 5) is 24.1. The number of carbonyl (C=O) groups excluding carboxylic acids is 1. The Morgan fingerprint density at radius 1 is 1.00 bits per heavy atom. The molecule has 0 radical (unpaired) electrons. The first-order valence-corrected chi connectivity index (χ1v) is 10.5. The van der Waals surface area contributed by atoms with Gasteiger partial charge in [0.05, 0.1) is 19.6 Å². The highest BCUT2D eigenvalue weighted by Gasteiger charge is 2.30. The van der Waals surface area contributed by atoms with E-state index in [1.54, 1.807) is 18.2 Å². The van der Waals surface area contributed by atoms with Crippen LogP contribution in [-0.2, 0) is 9.53 Å². The minimum Gasteiger partial charge on any atom is -0.496 e. The van der Waals surface area contributed by atoms with Crippen molar-refractivity contribution in [2.24, 2.45) is 0 Å². The molecular formula is C25H22ClNO5. The van der Waals surface area contributed by atoms with E-state index in [4.69, 9.17) is 21.1 Å². The van der Waals surface area contributed by atoms with Crippen LogP contribution in [0.1, 0.15) is 35.1 Å². The van der Waals surface area contributed by atoms with Gasteiger partial charge in [-0.1, -0.05) is 66.2 Å². The Hall–Kier alpha value is -3.51. The summed E-state index contributed by atoms with van der Waals surface area (Å²) in [6.07, 6.45) is -1.09. The Morgan fingerprint density at radius 2 is 1.62 bits per heavy atom. The minimum absolute atomic E-state index is 0.0964. The maximum Gasteiger partial charge on any atom is 0.407 e. The lowest BCUT2D eigenvalue weighted by Crippen LogP contribution is -2.32. The van der Waals surface area contributed by atoms with Crippen molar-refractivity contribution in [3.8, 4) is 16.9 Å². The molecule has 4 rings (SSSR count). The number of nitrogens with one attached hydrogen (secondary N) is 1. The van der Waals surface area contributed by atoms with Crippen LogP contribution in [0, 0.1) is 0 Å². The van der Waals surface area contributed by atoms with Gasteiger partial charge < -0.3 is 19.9 Å². The molecule has 0 saturated carbocycles. The van der Waals surface area contributed by atoms with Gasteiger partial charge in [-0.15, -0.1) is 0 Å². The van der Waals surface area contributed by atoms with E-state index in [0.717, 1.165) is 22.3 Å². The van der Waals surface area contributed by atoms with E-state index in [0.29, 0.717) is 16.3 Å². The Kier molecular flexibility index (Phi) is 6.32. The molecule has 0 saturated heterocycles. The third-order valence-electron chi connectivity index (χ3n) is 5.60. The van der Waals surface area contributed by atoms with Gasteiger partial charge in [-0.3, -0.25) is 4.79 Å². The molecule has 1 unspecified atom stereocenters. The zero-order valence-electron chi connectivity index (χ0n) is 17.4. The maximum absolute atomic E-state index is 12.7. The smallest absolute Gasteiger partial charge is 0.407 e. The van der Waals surface area contributed by atoms with Crippen LogP contribution in [-0.4, -0.2) is 30.9 Å². The Bertz CT molecular complexity index is 1120. The summed E-state index contributed by atoms with van der Waals surface area (Å²) in [6.45, 7) is 0.124. The van der Waals surface area contributed by atoms with Crippen LogP contribution in [0.4, 0.5) is 4.79 Å². The maximum atomic E-state index is 12.7. The summed E-state index contributed by atoms with van der Waals surface area (Å²) < 4.78 is 10.9. The number of halogens is 1. The number of carbonyl (C=O) groups is 2. The van der Waals surface area contributed by atoms with Crippen molar-refractivity contribution in [2.45, 2.75) is 18.4 Å². The van der Waals surface area contributed by atoms with E-state index >= 15 is 0 Å². The molecule has 1 atom stereocenters. The highest BCUT2D eigenvalue weighted by molar-refractivity contribution is 6.31. The van der Waals surface area contributed by atoms with Gasteiger partial charge in [0.25, 0.3) is 0 Å². The number of hydrogen-bond acceptors (Lipinski definition) is 4. The third-order valence-corrected chi connectivity index (χ3v) is 5.93. The minimum atomic E-state index is -1.09. The second kappa shape index (κ2) is 9.32. The number of rotatable bonds is 7. The molecule has 32 heavy (non-hydrogen) atoms. The van der Waals surface area contributed by atoms with E-state index < -0.39 is 18.1 Å². The van der Waals surface area contributed by atoms with E-state index in [2.05, 4.69) is 17.4 Å². The average molecular weight is 452 g/mol. The molecular weight excluding hydrogens is 430 g/mol. The number of hydrogen-bond donors (Lipinski definition) is 2. The molecule has 0 bridgehead atoms. The molecule has 1 amide bonds. The van der Waals surface area contributed by atoms with Gasteiger partial charge in [-0.25, -0.2) is 4.79 Å². The summed E-state index contributed by atoms with van der Waals surface area (Å²) in [5, 5.41) is 12.3. The summed E-state index contributed by atoms with van der Waals surface area (Å²) in [5.74, 6) is -0.792. The predicted octanol–water partition coefficient (Wildman–Crippen LogP) is 5.40. The fourth-order valence-electron chi connectivity index (χ4n) is 4.22. The molecule has 3 aromatic rings. The van der Waals surface area contributed by atoms with Gasteiger partial charge in [0.15, 0.2) is 0 Å². The first kappa shape index (κ1) is 21.7. The number of aliphatic carboxylic acids is 1. The second-order valence-electron chi connectivity index (χ2n) is 7.48. The van der Waals surface area contributed by atoms with E-state index in [9.17, 15) is 14.7 Å². The fraction of sp³-hybridized carbons (Fsp3) is 0.200. The highest BCUT2D eigenvalue weighted by atomic mass is 35.5. The van der Waals surface area contributed by atoms with Crippen molar-refractivity contribution in [1.29, 1.82) is 0 Å². The summed E-state index contributed by atoms with van der Waals surface area (Å²) in [7, 11) is 1.46. The molecule has 0 aromatic heterocycles.